The highest BCUT2D eigenvalue weighted by Crippen LogP contribution is 2.43. The normalized spacial score (nSPS) is 25.9. The average molecular weight is 453 g/mol. The zero-order chi connectivity index (χ0) is 23.1. The lowest BCUT2D eigenvalue weighted by molar-refractivity contribution is 0.140. The molecule has 2 aliphatic carbocycles. The van der Waals surface area contributed by atoms with E-state index < -0.39 is 0 Å². The van der Waals surface area contributed by atoms with Crippen LogP contribution in [0.1, 0.15) is 147 Å². The molecule has 3 rings (SSSR count). The maximum absolute atomic E-state index is 2.42. The van der Waals surface area contributed by atoms with E-state index in [2.05, 4.69) is 38.1 Å². The number of unbranched alkanes of at least 4 members (excludes halogenated alkanes) is 7. The standard InChI is InChI=1S/C33H56/c1-3-5-7-9-11-13-29-20-24-32(25-21-29)33-26-22-31(23-27-33)19-18-30-16-14-28(15-17-30)12-10-8-6-4-2/h14-17,29,31-33H,3-13,18-27H2,1-2H3. The van der Waals surface area contributed by atoms with E-state index in [9.17, 15) is 0 Å². The second kappa shape index (κ2) is 16.0. The van der Waals surface area contributed by atoms with Crippen LogP contribution in [0.2, 0.25) is 0 Å². The predicted molar refractivity (Wildman–Crippen MR) is 147 cm³/mol. The second-order valence-electron chi connectivity index (χ2n) is 11.9. The van der Waals surface area contributed by atoms with Crippen molar-refractivity contribution in [2.45, 2.75) is 149 Å². The van der Waals surface area contributed by atoms with Gasteiger partial charge in [0.2, 0.25) is 0 Å². The fourth-order valence-corrected chi connectivity index (χ4v) is 6.93. The van der Waals surface area contributed by atoms with E-state index in [-0.39, 0.29) is 0 Å². The van der Waals surface area contributed by atoms with Gasteiger partial charge < -0.3 is 0 Å². The molecule has 0 aromatic heterocycles. The van der Waals surface area contributed by atoms with Gasteiger partial charge in [0.15, 0.2) is 0 Å². The molecule has 188 valence electrons. The molecule has 1 aromatic carbocycles. The van der Waals surface area contributed by atoms with E-state index in [0.29, 0.717) is 0 Å². The van der Waals surface area contributed by atoms with Crippen LogP contribution in [-0.4, -0.2) is 0 Å². The smallest absolute Gasteiger partial charge is 0.0276 e. The summed E-state index contributed by atoms with van der Waals surface area (Å²) in [7, 11) is 0. The highest BCUT2D eigenvalue weighted by atomic mass is 14.4. The average Bonchev–Trinajstić information content (AvgIpc) is 2.87. The molecule has 0 amide bonds. The number of aryl methyl sites for hydroxylation is 2. The minimum absolute atomic E-state index is 0.995. The minimum atomic E-state index is 0.995. The molecule has 0 radical (unpaired) electrons. The fourth-order valence-electron chi connectivity index (χ4n) is 6.93. The number of hydrogen-bond acceptors (Lipinski definition) is 0. The summed E-state index contributed by atoms with van der Waals surface area (Å²) in [5.74, 6) is 4.21. The van der Waals surface area contributed by atoms with Crippen molar-refractivity contribution in [1.29, 1.82) is 0 Å². The van der Waals surface area contributed by atoms with Crippen LogP contribution >= 0.6 is 0 Å². The van der Waals surface area contributed by atoms with E-state index in [1.54, 1.807) is 36.8 Å². The summed E-state index contributed by atoms with van der Waals surface area (Å²) < 4.78 is 0. The van der Waals surface area contributed by atoms with Crippen LogP contribution in [-0.2, 0) is 12.8 Å². The minimum Gasteiger partial charge on any atom is -0.0654 e. The molecule has 2 saturated carbocycles. The van der Waals surface area contributed by atoms with Crippen LogP contribution in [0.25, 0.3) is 0 Å². The largest absolute Gasteiger partial charge is 0.0654 e. The van der Waals surface area contributed by atoms with E-state index in [0.717, 1.165) is 23.7 Å². The first-order chi connectivity index (χ1) is 16.3. The molecule has 1 aromatic rings. The molecular weight excluding hydrogens is 396 g/mol. The third kappa shape index (κ3) is 10.2. The number of hydrogen-bond donors (Lipinski definition) is 0. The van der Waals surface area contributed by atoms with Gasteiger partial charge in [-0.25, -0.2) is 0 Å². The van der Waals surface area contributed by atoms with E-state index in [1.807, 2.05) is 0 Å². The van der Waals surface area contributed by atoms with Gasteiger partial charge in [0.1, 0.15) is 0 Å². The van der Waals surface area contributed by atoms with E-state index >= 15 is 0 Å². The first kappa shape index (κ1) is 26.8. The summed E-state index contributed by atoms with van der Waals surface area (Å²) in [6, 6.07) is 9.64. The molecule has 33 heavy (non-hydrogen) atoms. The second-order valence-corrected chi connectivity index (χ2v) is 11.9. The van der Waals surface area contributed by atoms with Gasteiger partial charge in [-0.3, -0.25) is 0 Å². The van der Waals surface area contributed by atoms with E-state index in [4.69, 9.17) is 0 Å². The van der Waals surface area contributed by atoms with Gasteiger partial charge in [-0.1, -0.05) is 122 Å². The summed E-state index contributed by atoms with van der Waals surface area (Å²) in [6.45, 7) is 4.62. The van der Waals surface area contributed by atoms with Crippen molar-refractivity contribution in [3.05, 3.63) is 35.4 Å². The molecule has 0 bridgehead atoms. The topological polar surface area (TPSA) is 0 Å². The summed E-state index contributed by atoms with van der Waals surface area (Å²) in [6.07, 6.45) is 30.6. The lowest BCUT2D eigenvalue weighted by Gasteiger charge is -2.38. The summed E-state index contributed by atoms with van der Waals surface area (Å²) in [5.41, 5.74) is 3.11. The van der Waals surface area contributed by atoms with Crippen molar-refractivity contribution in [1.82, 2.24) is 0 Å². The Morgan fingerprint density at radius 2 is 0.939 bits per heavy atom. The van der Waals surface area contributed by atoms with Crippen molar-refractivity contribution in [2.24, 2.45) is 23.7 Å². The molecule has 0 atom stereocenters. The Kier molecular flexibility index (Phi) is 13.0. The molecule has 0 heterocycles. The molecule has 0 unspecified atom stereocenters. The predicted octanol–water partition coefficient (Wildman–Crippen LogP) is 10.7. The van der Waals surface area contributed by atoms with Crippen molar-refractivity contribution < 1.29 is 0 Å². The molecule has 2 fully saturated rings. The van der Waals surface area contributed by atoms with Crippen LogP contribution < -0.4 is 0 Å². The molecule has 0 saturated heterocycles. The lowest BCUT2D eigenvalue weighted by atomic mass is 9.68. The van der Waals surface area contributed by atoms with Gasteiger partial charge in [-0.15, -0.1) is 0 Å². The third-order valence-electron chi connectivity index (χ3n) is 9.35. The van der Waals surface area contributed by atoms with Crippen molar-refractivity contribution in [2.75, 3.05) is 0 Å². The van der Waals surface area contributed by atoms with E-state index in [1.165, 1.54) is 109 Å². The zero-order valence-corrected chi connectivity index (χ0v) is 22.5. The van der Waals surface area contributed by atoms with Gasteiger partial charge in [0.05, 0.1) is 0 Å². The highest BCUT2D eigenvalue weighted by molar-refractivity contribution is 5.22. The third-order valence-corrected chi connectivity index (χ3v) is 9.35. The maximum Gasteiger partial charge on any atom is -0.0276 e. The molecule has 0 N–H and O–H groups in total. The number of rotatable bonds is 15. The Morgan fingerprint density at radius 3 is 1.48 bits per heavy atom. The first-order valence-corrected chi connectivity index (χ1v) is 15.4. The lowest BCUT2D eigenvalue weighted by Crippen LogP contribution is -2.26. The Morgan fingerprint density at radius 1 is 0.485 bits per heavy atom. The monoisotopic (exact) mass is 452 g/mol. The quantitative estimate of drug-likeness (QED) is 0.232. The summed E-state index contributed by atoms with van der Waals surface area (Å²) in [4.78, 5) is 0. The Labute approximate surface area is 207 Å². The Balaban J connectivity index is 1.25. The Hall–Kier alpha value is -0.780. The van der Waals surface area contributed by atoms with Crippen LogP contribution in [0.4, 0.5) is 0 Å². The van der Waals surface area contributed by atoms with Gasteiger partial charge in [-0.05, 0) is 86.2 Å². The molecule has 2 aliphatic rings. The Bertz CT molecular complexity index is 583. The number of benzene rings is 1. The first-order valence-electron chi connectivity index (χ1n) is 15.4. The van der Waals surface area contributed by atoms with Crippen molar-refractivity contribution >= 4 is 0 Å². The molecule has 0 heteroatoms. The summed E-state index contributed by atoms with van der Waals surface area (Å²) >= 11 is 0. The highest BCUT2D eigenvalue weighted by Gasteiger charge is 2.30. The van der Waals surface area contributed by atoms with Crippen molar-refractivity contribution in [3.63, 3.8) is 0 Å². The van der Waals surface area contributed by atoms with Crippen LogP contribution in [0.15, 0.2) is 24.3 Å². The maximum atomic E-state index is 2.42. The fraction of sp³-hybridized carbons (Fsp3) is 0.818. The van der Waals surface area contributed by atoms with Crippen LogP contribution in [0.5, 0.6) is 0 Å². The summed E-state index contributed by atoms with van der Waals surface area (Å²) in [5, 5.41) is 0. The molecule has 0 aliphatic heterocycles. The van der Waals surface area contributed by atoms with Gasteiger partial charge >= 0.3 is 0 Å². The molecule has 0 nitrogen and oxygen atoms in total. The van der Waals surface area contributed by atoms with Crippen molar-refractivity contribution in [3.8, 4) is 0 Å². The zero-order valence-electron chi connectivity index (χ0n) is 22.5. The molecule has 0 spiro atoms. The van der Waals surface area contributed by atoms with Crippen LogP contribution in [0, 0.1) is 23.7 Å². The molecular formula is C33H56. The van der Waals surface area contributed by atoms with Crippen LogP contribution in [0.3, 0.4) is 0 Å². The van der Waals surface area contributed by atoms with Gasteiger partial charge in [0, 0.05) is 0 Å². The SMILES string of the molecule is CCCCCCCC1CCC(C2CCC(CCc3ccc(CCCCCC)cc3)CC2)CC1. The van der Waals surface area contributed by atoms with Gasteiger partial charge in [0.25, 0.3) is 0 Å². The van der Waals surface area contributed by atoms with Gasteiger partial charge in [-0.2, -0.15) is 0 Å².